The quantitative estimate of drug-likeness (QED) is 0.505. The van der Waals surface area contributed by atoms with E-state index in [1.807, 2.05) is 31.2 Å². The summed E-state index contributed by atoms with van der Waals surface area (Å²) in [6, 6.07) is 11.3. The van der Waals surface area contributed by atoms with Gasteiger partial charge in [0.2, 0.25) is 4.96 Å². The van der Waals surface area contributed by atoms with Gasteiger partial charge < -0.3 is 14.2 Å². The van der Waals surface area contributed by atoms with Gasteiger partial charge in [0.05, 0.1) is 25.9 Å². The highest BCUT2D eigenvalue weighted by molar-refractivity contribution is 7.15. The van der Waals surface area contributed by atoms with Crippen LogP contribution in [0, 0.1) is 6.92 Å². The van der Waals surface area contributed by atoms with Gasteiger partial charge in [0.25, 0.3) is 5.56 Å². The Labute approximate surface area is 170 Å². The summed E-state index contributed by atoms with van der Waals surface area (Å²) < 4.78 is 18.2. The summed E-state index contributed by atoms with van der Waals surface area (Å²) >= 11 is 1.27. The number of thiazole rings is 1. The fourth-order valence-corrected chi connectivity index (χ4v) is 4.04. The monoisotopic (exact) mass is 409 g/mol. The maximum Gasteiger partial charge on any atom is 0.276 e. The van der Waals surface area contributed by atoms with Crippen molar-refractivity contribution in [2.45, 2.75) is 6.92 Å². The Morgan fingerprint density at radius 2 is 1.69 bits per heavy atom. The maximum absolute atomic E-state index is 13.1. The first-order valence-electron chi connectivity index (χ1n) is 8.82. The highest BCUT2D eigenvalue weighted by Gasteiger charge is 2.16. The van der Waals surface area contributed by atoms with Crippen LogP contribution >= 0.6 is 11.3 Å². The minimum absolute atomic E-state index is 0.177. The van der Waals surface area contributed by atoms with Crippen molar-refractivity contribution in [2.24, 2.45) is 0 Å². The normalized spacial score (nSPS) is 11.8. The number of fused-ring (bicyclic) bond motifs is 1. The molecule has 0 unspecified atom stereocenters. The van der Waals surface area contributed by atoms with Crippen molar-refractivity contribution in [1.82, 2.24) is 14.6 Å². The largest absolute Gasteiger partial charge is 0.496 e. The number of benzene rings is 2. The van der Waals surface area contributed by atoms with Crippen LogP contribution in [0.5, 0.6) is 17.2 Å². The van der Waals surface area contributed by atoms with Crippen molar-refractivity contribution in [2.75, 3.05) is 21.3 Å². The first kappa shape index (κ1) is 18.9. The molecular formula is C21H19N3O4S. The average Bonchev–Trinajstić information content (AvgIpc) is 3.28. The summed E-state index contributed by atoms with van der Waals surface area (Å²) in [5, 5.41) is 8.39. The SMILES string of the molecule is COc1cc(OC)c(OC)cc1/C=c1\sc2nnc(-c3cccc(C)c3)n2c1=O. The average molecular weight is 409 g/mol. The van der Waals surface area contributed by atoms with Gasteiger partial charge >= 0.3 is 0 Å². The van der Waals surface area contributed by atoms with Crippen molar-refractivity contribution >= 4 is 22.4 Å². The minimum Gasteiger partial charge on any atom is -0.496 e. The van der Waals surface area contributed by atoms with Gasteiger partial charge in [0, 0.05) is 17.2 Å². The van der Waals surface area contributed by atoms with E-state index in [0.29, 0.717) is 38.1 Å². The van der Waals surface area contributed by atoms with E-state index >= 15 is 0 Å². The molecular weight excluding hydrogens is 390 g/mol. The predicted molar refractivity (Wildman–Crippen MR) is 112 cm³/mol. The zero-order valence-electron chi connectivity index (χ0n) is 16.4. The summed E-state index contributed by atoms with van der Waals surface area (Å²) in [4.78, 5) is 13.7. The minimum atomic E-state index is -0.177. The molecule has 29 heavy (non-hydrogen) atoms. The van der Waals surface area contributed by atoms with Crippen LogP contribution in [-0.2, 0) is 0 Å². The third-order valence-corrected chi connectivity index (χ3v) is 5.51. The van der Waals surface area contributed by atoms with E-state index < -0.39 is 0 Å². The standard InChI is InChI=1S/C21H19N3O4S/c1-12-6-5-7-13(8-12)19-22-23-21-24(19)20(25)18(29-21)10-14-9-16(27-3)17(28-4)11-15(14)26-2/h5-11H,1-4H3/b18-10-. The third-order valence-electron chi connectivity index (χ3n) is 4.55. The Bertz CT molecular complexity index is 1310. The molecule has 0 saturated heterocycles. The number of nitrogens with zero attached hydrogens (tertiary/aromatic N) is 3. The molecule has 0 amide bonds. The number of hydrogen-bond acceptors (Lipinski definition) is 7. The van der Waals surface area contributed by atoms with Crippen LogP contribution in [0.1, 0.15) is 11.1 Å². The van der Waals surface area contributed by atoms with Crippen molar-refractivity contribution in [1.29, 1.82) is 0 Å². The lowest BCUT2D eigenvalue weighted by atomic mass is 10.1. The maximum atomic E-state index is 13.1. The Hall–Kier alpha value is -3.39. The van der Waals surface area contributed by atoms with Crippen LogP contribution in [0.4, 0.5) is 0 Å². The molecule has 0 aliphatic heterocycles. The number of rotatable bonds is 5. The zero-order chi connectivity index (χ0) is 20.5. The van der Waals surface area contributed by atoms with Gasteiger partial charge in [0.15, 0.2) is 17.3 Å². The molecule has 0 aliphatic rings. The van der Waals surface area contributed by atoms with Crippen LogP contribution in [0.2, 0.25) is 0 Å². The van der Waals surface area contributed by atoms with Crippen molar-refractivity contribution in [3.8, 4) is 28.6 Å². The summed E-state index contributed by atoms with van der Waals surface area (Å²) in [7, 11) is 4.69. The lowest BCUT2D eigenvalue weighted by Crippen LogP contribution is -2.23. The summed E-state index contributed by atoms with van der Waals surface area (Å²) in [5.74, 6) is 2.21. The number of aromatic nitrogens is 3. The molecule has 8 heteroatoms. The molecule has 0 N–H and O–H groups in total. The molecule has 0 saturated carbocycles. The van der Waals surface area contributed by atoms with Crippen LogP contribution < -0.4 is 24.3 Å². The van der Waals surface area contributed by atoms with Crippen LogP contribution in [-0.4, -0.2) is 35.9 Å². The first-order valence-corrected chi connectivity index (χ1v) is 9.64. The number of methoxy groups -OCH3 is 3. The Morgan fingerprint density at radius 1 is 0.966 bits per heavy atom. The summed E-state index contributed by atoms with van der Waals surface area (Å²) in [6.45, 7) is 2.00. The van der Waals surface area contributed by atoms with E-state index in [-0.39, 0.29) is 5.56 Å². The van der Waals surface area contributed by atoms with E-state index in [0.717, 1.165) is 11.1 Å². The molecule has 0 radical (unpaired) electrons. The van der Waals surface area contributed by atoms with E-state index in [1.54, 1.807) is 43.9 Å². The van der Waals surface area contributed by atoms with Crippen molar-refractivity contribution < 1.29 is 14.2 Å². The summed E-state index contributed by atoms with van der Waals surface area (Å²) in [6.07, 6.45) is 1.77. The van der Waals surface area contributed by atoms with Gasteiger partial charge in [-0.25, -0.2) is 4.40 Å². The van der Waals surface area contributed by atoms with E-state index in [9.17, 15) is 4.79 Å². The van der Waals surface area contributed by atoms with Gasteiger partial charge in [-0.2, -0.15) is 0 Å². The summed E-state index contributed by atoms with van der Waals surface area (Å²) in [5.41, 5.74) is 2.46. The Morgan fingerprint density at radius 3 is 2.38 bits per heavy atom. The fraction of sp³-hybridized carbons (Fsp3) is 0.190. The molecule has 2 aromatic heterocycles. The van der Waals surface area contributed by atoms with Gasteiger partial charge in [-0.15, -0.1) is 10.2 Å². The molecule has 7 nitrogen and oxygen atoms in total. The van der Waals surface area contributed by atoms with Gasteiger partial charge in [-0.1, -0.05) is 35.1 Å². The molecule has 2 aromatic carbocycles. The van der Waals surface area contributed by atoms with Gasteiger partial charge in [0.1, 0.15) is 5.75 Å². The number of aryl methyl sites for hydroxylation is 1. The number of hydrogen-bond donors (Lipinski definition) is 0. The second-order valence-electron chi connectivity index (χ2n) is 6.38. The van der Waals surface area contributed by atoms with Crippen molar-refractivity contribution in [3.05, 3.63) is 62.4 Å². The Kier molecular flexibility index (Phi) is 4.94. The molecule has 4 aromatic rings. The zero-order valence-corrected chi connectivity index (χ0v) is 17.2. The van der Waals surface area contributed by atoms with E-state index in [1.165, 1.54) is 11.3 Å². The molecule has 148 valence electrons. The van der Waals surface area contributed by atoms with Crippen LogP contribution in [0.15, 0.2) is 41.2 Å². The highest BCUT2D eigenvalue weighted by Crippen LogP contribution is 2.35. The molecule has 0 atom stereocenters. The first-order chi connectivity index (χ1) is 14.0. The fourth-order valence-electron chi connectivity index (χ4n) is 3.14. The van der Waals surface area contributed by atoms with E-state index in [4.69, 9.17) is 14.2 Å². The van der Waals surface area contributed by atoms with Gasteiger partial charge in [-0.05, 0) is 25.1 Å². The Balaban J connectivity index is 1.91. The third kappa shape index (κ3) is 3.31. The van der Waals surface area contributed by atoms with Crippen molar-refractivity contribution in [3.63, 3.8) is 0 Å². The van der Waals surface area contributed by atoms with E-state index in [2.05, 4.69) is 10.2 Å². The van der Waals surface area contributed by atoms with Gasteiger partial charge in [-0.3, -0.25) is 4.79 Å². The smallest absolute Gasteiger partial charge is 0.276 e. The number of ether oxygens (including phenoxy) is 3. The predicted octanol–water partition coefficient (Wildman–Crippen LogP) is 2.70. The lowest BCUT2D eigenvalue weighted by molar-refractivity contribution is 0.348. The molecule has 0 spiro atoms. The second kappa shape index (κ2) is 7.56. The molecule has 0 aliphatic carbocycles. The highest BCUT2D eigenvalue weighted by atomic mass is 32.1. The molecule has 0 fully saturated rings. The van der Waals surface area contributed by atoms with Crippen LogP contribution in [0.3, 0.4) is 0 Å². The second-order valence-corrected chi connectivity index (χ2v) is 7.39. The topological polar surface area (TPSA) is 74.9 Å². The molecule has 2 heterocycles. The van der Waals surface area contributed by atoms with Crippen LogP contribution in [0.25, 0.3) is 22.4 Å². The molecule has 4 rings (SSSR count). The lowest BCUT2D eigenvalue weighted by Gasteiger charge is -2.11. The molecule has 0 bridgehead atoms.